The van der Waals surface area contributed by atoms with Gasteiger partial charge in [0.05, 0.1) is 21.3 Å². The minimum atomic E-state index is -0.633. The molecule has 7 heteroatoms. The molecule has 0 bridgehead atoms. The Morgan fingerprint density at radius 3 is 2.69 bits per heavy atom. The van der Waals surface area contributed by atoms with Gasteiger partial charge in [-0.05, 0) is 0 Å². The van der Waals surface area contributed by atoms with Crippen LogP contribution in [0, 0.1) is 10.1 Å². The number of nitrogens with zero attached hydrogens (tertiary/aromatic N) is 1. The fourth-order valence-corrected chi connectivity index (χ4v) is 1.02. The van der Waals surface area contributed by atoms with Crippen LogP contribution in [0.3, 0.4) is 0 Å². The summed E-state index contributed by atoms with van der Waals surface area (Å²) in [7, 11) is 0. The topological polar surface area (TPSA) is 101 Å². The molecule has 0 amide bonds. The van der Waals surface area contributed by atoms with Crippen molar-refractivity contribution < 1.29 is 10.1 Å². The standard InChI is InChI=1S/C6H6ClN3O3/c7-4-1-3(10(12)13)2-5(9-11)6(4)8/h1-2,9,11H,8H2. The van der Waals surface area contributed by atoms with Gasteiger partial charge in [-0.25, -0.2) is 0 Å². The van der Waals surface area contributed by atoms with Gasteiger partial charge in [0.2, 0.25) is 0 Å². The van der Waals surface area contributed by atoms with Gasteiger partial charge in [0.25, 0.3) is 5.69 Å². The van der Waals surface area contributed by atoms with Gasteiger partial charge < -0.3 is 5.73 Å². The number of anilines is 2. The van der Waals surface area contributed by atoms with Crippen LogP contribution >= 0.6 is 11.6 Å². The van der Waals surface area contributed by atoms with Gasteiger partial charge in [-0.1, -0.05) is 11.6 Å². The zero-order valence-electron chi connectivity index (χ0n) is 6.32. The quantitative estimate of drug-likeness (QED) is 0.385. The molecule has 13 heavy (non-hydrogen) atoms. The summed E-state index contributed by atoms with van der Waals surface area (Å²) in [5.41, 5.74) is 6.94. The lowest BCUT2D eigenvalue weighted by Gasteiger charge is -2.04. The van der Waals surface area contributed by atoms with Crippen LogP contribution in [0.5, 0.6) is 0 Å². The first-order chi connectivity index (χ1) is 6.06. The van der Waals surface area contributed by atoms with E-state index in [2.05, 4.69) is 0 Å². The van der Waals surface area contributed by atoms with Crippen LogP contribution in [0.25, 0.3) is 0 Å². The van der Waals surface area contributed by atoms with E-state index in [0.717, 1.165) is 12.1 Å². The lowest BCUT2D eigenvalue weighted by molar-refractivity contribution is -0.384. The van der Waals surface area contributed by atoms with Crippen LogP contribution in [0.2, 0.25) is 5.02 Å². The first kappa shape index (κ1) is 9.56. The van der Waals surface area contributed by atoms with Crippen LogP contribution in [0.4, 0.5) is 17.1 Å². The molecule has 0 unspecified atom stereocenters. The Bertz CT molecular complexity index is 355. The molecule has 1 aromatic rings. The van der Waals surface area contributed by atoms with Gasteiger partial charge in [0, 0.05) is 12.1 Å². The van der Waals surface area contributed by atoms with Gasteiger partial charge in [-0.15, -0.1) is 0 Å². The number of rotatable bonds is 2. The third-order valence-corrected chi connectivity index (χ3v) is 1.76. The normalized spacial score (nSPS) is 9.69. The molecule has 4 N–H and O–H groups in total. The monoisotopic (exact) mass is 203 g/mol. The number of hydrogen-bond acceptors (Lipinski definition) is 5. The Morgan fingerprint density at radius 2 is 2.23 bits per heavy atom. The Labute approximate surface area is 78.0 Å². The number of nitro groups is 1. The zero-order chi connectivity index (χ0) is 10.0. The molecule has 0 atom stereocenters. The van der Waals surface area contributed by atoms with E-state index in [1.807, 2.05) is 0 Å². The number of benzene rings is 1. The molecular weight excluding hydrogens is 198 g/mol. The molecule has 0 spiro atoms. The summed E-state index contributed by atoms with van der Waals surface area (Å²) in [5, 5.41) is 18.9. The Balaban J connectivity index is 3.30. The molecule has 0 saturated heterocycles. The number of nitro benzene ring substituents is 1. The predicted octanol–water partition coefficient (Wildman–Crippen LogP) is 1.63. The summed E-state index contributed by atoms with van der Waals surface area (Å²) in [6.07, 6.45) is 0. The number of nitrogens with two attached hydrogens (primary N) is 1. The van der Waals surface area contributed by atoms with Crippen molar-refractivity contribution in [3.05, 3.63) is 27.3 Å². The van der Waals surface area contributed by atoms with Crippen molar-refractivity contribution >= 4 is 28.7 Å². The number of nitrogen functional groups attached to an aromatic ring is 1. The second-order valence-electron chi connectivity index (χ2n) is 2.26. The fraction of sp³-hybridized carbons (Fsp3) is 0. The summed E-state index contributed by atoms with van der Waals surface area (Å²) >= 11 is 5.56. The SMILES string of the molecule is Nc1c(Cl)cc([N+](=O)[O-])cc1NO. The first-order valence-electron chi connectivity index (χ1n) is 3.19. The molecule has 0 aliphatic heterocycles. The first-order valence-corrected chi connectivity index (χ1v) is 3.57. The van der Waals surface area contributed by atoms with Crippen LogP contribution in [-0.4, -0.2) is 10.1 Å². The number of non-ortho nitro benzene ring substituents is 1. The smallest absolute Gasteiger partial charge is 0.273 e. The maximum Gasteiger partial charge on any atom is 0.273 e. The average Bonchev–Trinajstić information content (AvgIpc) is 2.09. The van der Waals surface area contributed by atoms with E-state index in [-0.39, 0.29) is 22.1 Å². The van der Waals surface area contributed by atoms with E-state index >= 15 is 0 Å². The highest BCUT2D eigenvalue weighted by Crippen LogP contribution is 2.31. The number of nitrogens with one attached hydrogen (secondary N) is 1. The summed E-state index contributed by atoms with van der Waals surface area (Å²) in [5.74, 6) is 0. The van der Waals surface area contributed by atoms with Crippen LogP contribution in [0.1, 0.15) is 0 Å². The summed E-state index contributed by atoms with van der Waals surface area (Å²) in [6, 6.07) is 2.19. The van der Waals surface area contributed by atoms with Gasteiger partial charge >= 0.3 is 0 Å². The molecule has 0 radical (unpaired) electrons. The van der Waals surface area contributed by atoms with E-state index in [1.54, 1.807) is 5.48 Å². The summed E-state index contributed by atoms with van der Waals surface area (Å²) in [4.78, 5) is 9.70. The predicted molar refractivity (Wildman–Crippen MR) is 47.9 cm³/mol. The second kappa shape index (κ2) is 3.46. The molecule has 0 fully saturated rings. The molecule has 0 saturated carbocycles. The third-order valence-electron chi connectivity index (χ3n) is 1.45. The molecule has 70 valence electrons. The lowest BCUT2D eigenvalue weighted by atomic mass is 10.2. The number of halogens is 1. The van der Waals surface area contributed by atoms with Gasteiger partial charge in [-0.2, -0.15) is 0 Å². The van der Waals surface area contributed by atoms with Crippen molar-refractivity contribution in [3.63, 3.8) is 0 Å². The van der Waals surface area contributed by atoms with Crippen molar-refractivity contribution in [2.45, 2.75) is 0 Å². The van der Waals surface area contributed by atoms with E-state index in [9.17, 15) is 10.1 Å². The fourth-order valence-electron chi connectivity index (χ4n) is 0.801. The average molecular weight is 204 g/mol. The highest BCUT2D eigenvalue weighted by molar-refractivity contribution is 6.34. The van der Waals surface area contributed by atoms with E-state index in [1.165, 1.54) is 0 Å². The highest BCUT2D eigenvalue weighted by Gasteiger charge is 2.12. The largest absolute Gasteiger partial charge is 0.396 e. The second-order valence-corrected chi connectivity index (χ2v) is 2.66. The van der Waals surface area contributed by atoms with E-state index < -0.39 is 4.92 Å². The third kappa shape index (κ3) is 1.79. The van der Waals surface area contributed by atoms with E-state index in [0.29, 0.717) is 0 Å². The van der Waals surface area contributed by atoms with Crippen molar-refractivity contribution in [1.29, 1.82) is 0 Å². The molecule has 1 aromatic carbocycles. The van der Waals surface area contributed by atoms with Crippen molar-refractivity contribution in [2.75, 3.05) is 11.2 Å². The van der Waals surface area contributed by atoms with Crippen LogP contribution < -0.4 is 11.2 Å². The molecule has 6 nitrogen and oxygen atoms in total. The van der Waals surface area contributed by atoms with E-state index in [4.69, 9.17) is 22.5 Å². The number of hydrogen-bond donors (Lipinski definition) is 3. The highest BCUT2D eigenvalue weighted by atomic mass is 35.5. The lowest BCUT2D eigenvalue weighted by Crippen LogP contribution is -1.99. The molecule has 0 heterocycles. The van der Waals surface area contributed by atoms with Gasteiger partial charge in [0.15, 0.2) is 0 Å². The Kier molecular flexibility index (Phi) is 2.54. The van der Waals surface area contributed by atoms with Crippen LogP contribution in [0.15, 0.2) is 12.1 Å². The van der Waals surface area contributed by atoms with Crippen molar-refractivity contribution in [1.82, 2.24) is 0 Å². The minimum Gasteiger partial charge on any atom is -0.396 e. The molecular formula is C6H6ClN3O3. The van der Waals surface area contributed by atoms with Crippen molar-refractivity contribution in [2.24, 2.45) is 0 Å². The summed E-state index contributed by atoms with van der Waals surface area (Å²) < 4.78 is 0. The van der Waals surface area contributed by atoms with Gasteiger partial charge in [-0.3, -0.25) is 20.8 Å². The van der Waals surface area contributed by atoms with Gasteiger partial charge in [0.1, 0.15) is 0 Å². The molecule has 0 aliphatic carbocycles. The molecule has 1 rings (SSSR count). The van der Waals surface area contributed by atoms with Crippen molar-refractivity contribution in [3.8, 4) is 0 Å². The van der Waals surface area contributed by atoms with Crippen LogP contribution in [-0.2, 0) is 0 Å². The minimum absolute atomic E-state index is 0.0131. The summed E-state index contributed by atoms with van der Waals surface area (Å²) in [6.45, 7) is 0. The molecule has 0 aromatic heterocycles. The Hall–Kier alpha value is -1.53. The Morgan fingerprint density at radius 1 is 1.62 bits per heavy atom. The maximum absolute atomic E-state index is 10.3. The zero-order valence-corrected chi connectivity index (χ0v) is 7.08. The molecule has 0 aliphatic rings. The maximum atomic E-state index is 10.3.